The molecular weight excluding hydrogens is 321 g/mol. The van der Waals surface area contributed by atoms with Gasteiger partial charge >= 0.3 is 0 Å². The van der Waals surface area contributed by atoms with Crippen LogP contribution in [0.3, 0.4) is 0 Å². The third kappa shape index (κ3) is 4.21. The minimum absolute atomic E-state index is 0.0670. The summed E-state index contributed by atoms with van der Waals surface area (Å²) in [7, 11) is 0. The molecule has 1 aromatic carbocycles. The van der Waals surface area contributed by atoms with Crippen molar-refractivity contribution in [2.75, 3.05) is 13.1 Å². The van der Waals surface area contributed by atoms with Crippen molar-refractivity contribution in [3.05, 3.63) is 65.2 Å². The molecule has 0 spiro atoms. The van der Waals surface area contributed by atoms with Crippen LogP contribution in [0.25, 0.3) is 0 Å². The maximum absolute atomic E-state index is 13.6. The maximum atomic E-state index is 13.6. The number of hydrogen-bond donors (Lipinski definition) is 1. The summed E-state index contributed by atoms with van der Waals surface area (Å²) in [6.45, 7) is 1.56. The monoisotopic (exact) mass is 341 g/mol. The minimum Gasteiger partial charge on any atom is -0.347 e. The second-order valence-electron chi connectivity index (χ2n) is 6.06. The molecule has 2 heterocycles. The predicted octanol–water partition coefficient (Wildman–Crippen LogP) is 2.78. The third-order valence-electron chi connectivity index (χ3n) is 4.28. The summed E-state index contributed by atoms with van der Waals surface area (Å²) >= 11 is 0. The standard InChI is InChI=1S/C19H20FN3O2/c20-16-7-3-2-6-15(16)13-22-18(24)17-12-14(8-9-21-17)19(25)23-10-4-1-5-11-23/h2-3,6-9,12H,1,4-5,10-11,13H2,(H,22,24). The molecule has 25 heavy (non-hydrogen) atoms. The van der Waals surface area contributed by atoms with Crippen LogP contribution in [0.15, 0.2) is 42.6 Å². The Kier molecular flexibility index (Phi) is 5.38. The van der Waals surface area contributed by atoms with E-state index in [1.54, 1.807) is 29.2 Å². The topological polar surface area (TPSA) is 62.3 Å². The van der Waals surface area contributed by atoms with Gasteiger partial charge in [0.15, 0.2) is 0 Å². The highest BCUT2D eigenvalue weighted by Crippen LogP contribution is 2.13. The molecule has 1 fully saturated rings. The molecule has 130 valence electrons. The molecule has 0 saturated carbocycles. The highest BCUT2D eigenvalue weighted by molar-refractivity contribution is 5.98. The lowest BCUT2D eigenvalue weighted by atomic mass is 10.1. The van der Waals surface area contributed by atoms with Gasteiger partial charge in [0.25, 0.3) is 11.8 Å². The SMILES string of the molecule is O=C(NCc1ccccc1F)c1cc(C(=O)N2CCCCC2)ccn1. The van der Waals surface area contributed by atoms with Gasteiger partial charge in [0.05, 0.1) is 0 Å². The molecule has 1 saturated heterocycles. The van der Waals surface area contributed by atoms with E-state index in [-0.39, 0.29) is 24.0 Å². The van der Waals surface area contributed by atoms with E-state index in [1.165, 1.54) is 18.3 Å². The van der Waals surface area contributed by atoms with Gasteiger partial charge in [0.2, 0.25) is 0 Å². The Morgan fingerprint density at radius 1 is 1.12 bits per heavy atom. The molecule has 0 bridgehead atoms. The zero-order valence-corrected chi connectivity index (χ0v) is 13.9. The summed E-state index contributed by atoms with van der Waals surface area (Å²) in [4.78, 5) is 30.6. The van der Waals surface area contributed by atoms with Crippen molar-refractivity contribution >= 4 is 11.8 Å². The van der Waals surface area contributed by atoms with Crippen molar-refractivity contribution in [3.8, 4) is 0 Å². The van der Waals surface area contributed by atoms with E-state index < -0.39 is 5.91 Å². The molecule has 0 radical (unpaired) electrons. The van der Waals surface area contributed by atoms with Gasteiger partial charge in [-0.3, -0.25) is 14.6 Å². The molecule has 1 N–H and O–H groups in total. The van der Waals surface area contributed by atoms with Crippen LogP contribution in [0.5, 0.6) is 0 Å². The van der Waals surface area contributed by atoms with Crippen molar-refractivity contribution in [1.82, 2.24) is 15.2 Å². The first-order valence-electron chi connectivity index (χ1n) is 8.42. The van der Waals surface area contributed by atoms with E-state index in [1.807, 2.05) is 0 Å². The first kappa shape index (κ1) is 17.1. The van der Waals surface area contributed by atoms with Crippen molar-refractivity contribution in [2.24, 2.45) is 0 Å². The molecule has 5 nitrogen and oxygen atoms in total. The fourth-order valence-electron chi connectivity index (χ4n) is 2.88. The number of amides is 2. The number of benzene rings is 1. The molecule has 0 aliphatic carbocycles. The van der Waals surface area contributed by atoms with E-state index in [2.05, 4.69) is 10.3 Å². The Morgan fingerprint density at radius 3 is 2.64 bits per heavy atom. The smallest absolute Gasteiger partial charge is 0.270 e. The fourth-order valence-corrected chi connectivity index (χ4v) is 2.88. The number of pyridine rings is 1. The van der Waals surface area contributed by atoms with Crippen LogP contribution in [0, 0.1) is 5.82 Å². The zero-order valence-electron chi connectivity index (χ0n) is 13.9. The van der Waals surface area contributed by atoms with Crippen LogP contribution >= 0.6 is 0 Å². The fraction of sp³-hybridized carbons (Fsp3) is 0.316. The van der Waals surface area contributed by atoms with Crippen molar-refractivity contribution in [1.29, 1.82) is 0 Å². The summed E-state index contributed by atoms with van der Waals surface area (Å²) in [5, 5.41) is 2.64. The van der Waals surface area contributed by atoms with Gasteiger partial charge in [-0.15, -0.1) is 0 Å². The first-order valence-corrected chi connectivity index (χ1v) is 8.42. The maximum Gasteiger partial charge on any atom is 0.270 e. The molecule has 1 aliphatic rings. The summed E-state index contributed by atoms with van der Waals surface area (Å²) in [6.07, 6.45) is 4.61. The summed E-state index contributed by atoms with van der Waals surface area (Å²) in [6, 6.07) is 9.37. The Bertz CT molecular complexity index is 773. The Labute approximate surface area is 145 Å². The number of nitrogens with zero attached hydrogens (tertiary/aromatic N) is 2. The predicted molar refractivity (Wildman–Crippen MR) is 91.6 cm³/mol. The van der Waals surface area contributed by atoms with Gasteiger partial charge in [0.1, 0.15) is 11.5 Å². The van der Waals surface area contributed by atoms with Crippen LogP contribution < -0.4 is 5.32 Å². The van der Waals surface area contributed by atoms with Gasteiger partial charge in [-0.05, 0) is 37.5 Å². The van der Waals surface area contributed by atoms with E-state index >= 15 is 0 Å². The van der Waals surface area contributed by atoms with E-state index in [0.717, 1.165) is 32.4 Å². The molecule has 2 aromatic rings. The molecule has 1 aromatic heterocycles. The van der Waals surface area contributed by atoms with E-state index in [9.17, 15) is 14.0 Å². The van der Waals surface area contributed by atoms with Gasteiger partial charge < -0.3 is 10.2 Å². The number of carbonyl (C=O) groups excluding carboxylic acids is 2. The molecule has 6 heteroatoms. The number of piperidine rings is 1. The number of rotatable bonds is 4. The van der Waals surface area contributed by atoms with Crippen molar-refractivity contribution in [3.63, 3.8) is 0 Å². The Balaban J connectivity index is 1.67. The van der Waals surface area contributed by atoms with Crippen LogP contribution in [0.2, 0.25) is 0 Å². The van der Waals surface area contributed by atoms with Crippen LogP contribution in [-0.2, 0) is 6.54 Å². The zero-order chi connectivity index (χ0) is 17.6. The molecule has 0 unspecified atom stereocenters. The quantitative estimate of drug-likeness (QED) is 0.930. The molecule has 2 amide bonds. The first-order chi connectivity index (χ1) is 12.1. The number of carbonyl (C=O) groups is 2. The van der Waals surface area contributed by atoms with Crippen LogP contribution in [-0.4, -0.2) is 34.8 Å². The van der Waals surface area contributed by atoms with Crippen LogP contribution in [0.1, 0.15) is 45.7 Å². The lowest BCUT2D eigenvalue weighted by molar-refractivity contribution is 0.0724. The van der Waals surface area contributed by atoms with Gasteiger partial charge in [0, 0.05) is 37.0 Å². The highest BCUT2D eigenvalue weighted by atomic mass is 19.1. The largest absolute Gasteiger partial charge is 0.347 e. The second-order valence-corrected chi connectivity index (χ2v) is 6.06. The normalized spacial score (nSPS) is 14.2. The van der Waals surface area contributed by atoms with Crippen molar-refractivity contribution < 1.29 is 14.0 Å². The lowest BCUT2D eigenvalue weighted by Crippen LogP contribution is -2.35. The number of halogens is 1. The average molecular weight is 341 g/mol. The van der Waals surface area contributed by atoms with E-state index in [4.69, 9.17) is 0 Å². The Hall–Kier alpha value is -2.76. The molecule has 3 rings (SSSR count). The lowest BCUT2D eigenvalue weighted by Gasteiger charge is -2.26. The number of likely N-dealkylation sites (tertiary alicyclic amines) is 1. The Morgan fingerprint density at radius 2 is 1.88 bits per heavy atom. The van der Waals surface area contributed by atoms with Gasteiger partial charge in [-0.1, -0.05) is 18.2 Å². The number of hydrogen-bond acceptors (Lipinski definition) is 3. The second kappa shape index (κ2) is 7.88. The third-order valence-corrected chi connectivity index (χ3v) is 4.28. The minimum atomic E-state index is -0.434. The van der Waals surface area contributed by atoms with Crippen molar-refractivity contribution in [2.45, 2.75) is 25.8 Å². The van der Waals surface area contributed by atoms with E-state index in [0.29, 0.717) is 11.1 Å². The van der Waals surface area contributed by atoms with Gasteiger partial charge in [-0.25, -0.2) is 4.39 Å². The van der Waals surface area contributed by atoms with Gasteiger partial charge in [-0.2, -0.15) is 0 Å². The molecule has 0 atom stereocenters. The van der Waals surface area contributed by atoms with Crippen LogP contribution in [0.4, 0.5) is 4.39 Å². The summed E-state index contributed by atoms with van der Waals surface area (Å²) in [5.41, 5.74) is 1.00. The summed E-state index contributed by atoms with van der Waals surface area (Å²) in [5.74, 6) is -0.883. The summed E-state index contributed by atoms with van der Waals surface area (Å²) < 4.78 is 13.6. The molecule has 1 aliphatic heterocycles. The molecular formula is C19H20FN3O2. The highest BCUT2D eigenvalue weighted by Gasteiger charge is 2.19. The number of nitrogens with one attached hydrogen (secondary N) is 1. The average Bonchev–Trinajstić information content (AvgIpc) is 2.67. The number of aromatic nitrogens is 1.